The third-order valence-corrected chi connectivity index (χ3v) is 4.08. The van der Waals surface area contributed by atoms with Crippen LogP contribution in [0.5, 0.6) is 0 Å². The van der Waals surface area contributed by atoms with Gasteiger partial charge in [0.1, 0.15) is 5.82 Å². The molecule has 116 valence electrons. The molecule has 0 saturated carbocycles. The number of rotatable bonds is 6. The molecule has 1 N–H and O–H groups in total. The Morgan fingerprint density at radius 1 is 1.27 bits per heavy atom. The maximum absolute atomic E-state index is 12.9. The standard InChI is InChI=1S/C16H16FNO3S/c1-21-16(20)10-13(14-3-2-8-22-14)18-15(19)9-11-4-6-12(17)7-5-11/h2-8,13H,9-10H2,1H3,(H,18,19)/t13-/m0/s1. The van der Waals surface area contributed by atoms with Crippen molar-refractivity contribution in [2.75, 3.05) is 7.11 Å². The smallest absolute Gasteiger partial charge is 0.307 e. The van der Waals surface area contributed by atoms with E-state index >= 15 is 0 Å². The highest BCUT2D eigenvalue weighted by Crippen LogP contribution is 2.22. The molecule has 4 nitrogen and oxygen atoms in total. The highest BCUT2D eigenvalue weighted by Gasteiger charge is 2.19. The second kappa shape index (κ2) is 7.70. The van der Waals surface area contributed by atoms with Crippen molar-refractivity contribution in [2.45, 2.75) is 18.9 Å². The van der Waals surface area contributed by atoms with Gasteiger partial charge in [0.2, 0.25) is 5.91 Å². The van der Waals surface area contributed by atoms with Crippen molar-refractivity contribution in [3.8, 4) is 0 Å². The predicted molar refractivity (Wildman–Crippen MR) is 81.9 cm³/mol. The molecule has 1 aromatic carbocycles. The van der Waals surface area contributed by atoms with E-state index in [0.29, 0.717) is 5.56 Å². The van der Waals surface area contributed by atoms with Gasteiger partial charge in [0.25, 0.3) is 0 Å². The molecule has 0 spiro atoms. The highest BCUT2D eigenvalue weighted by molar-refractivity contribution is 7.10. The van der Waals surface area contributed by atoms with Gasteiger partial charge in [-0.15, -0.1) is 11.3 Å². The van der Waals surface area contributed by atoms with E-state index in [4.69, 9.17) is 0 Å². The molecule has 1 atom stereocenters. The molecule has 0 aliphatic carbocycles. The van der Waals surface area contributed by atoms with Crippen LogP contribution in [0, 0.1) is 5.82 Å². The lowest BCUT2D eigenvalue weighted by Crippen LogP contribution is -2.31. The molecule has 0 fully saturated rings. The Kier molecular flexibility index (Phi) is 5.66. The minimum atomic E-state index is -0.416. The zero-order valence-electron chi connectivity index (χ0n) is 12.0. The zero-order chi connectivity index (χ0) is 15.9. The van der Waals surface area contributed by atoms with Gasteiger partial charge in [-0.25, -0.2) is 4.39 Å². The summed E-state index contributed by atoms with van der Waals surface area (Å²) in [5, 5.41) is 4.71. The summed E-state index contributed by atoms with van der Waals surface area (Å²) in [5.41, 5.74) is 0.710. The maximum atomic E-state index is 12.9. The lowest BCUT2D eigenvalue weighted by molar-refractivity contribution is -0.141. The molecular weight excluding hydrogens is 305 g/mol. The van der Waals surface area contributed by atoms with Crippen LogP contribution >= 0.6 is 11.3 Å². The molecular formula is C16H16FNO3S. The number of hydrogen-bond donors (Lipinski definition) is 1. The normalized spacial score (nSPS) is 11.7. The molecule has 0 aliphatic rings. The lowest BCUT2D eigenvalue weighted by Gasteiger charge is -2.16. The van der Waals surface area contributed by atoms with Crippen LogP contribution in [0.2, 0.25) is 0 Å². The fourth-order valence-corrected chi connectivity index (χ4v) is 2.77. The van der Waals surface area contributed by atoms with Crippen LogP contribution in [0.1, 0.15) is 22.9 Å². The summed E-state index contributed by atoms with van der Waals surface area (Å²) in [6.07, 6.45) is 0.204. The van der Waals surface area contributed by atoms with Gasteiger partial charge in [-0.2, -0.15) is 0 Å². The first-order chi connectivity index (χ1) is 10.6. The molecule has 0 saturated heterocycles. The Balaban J connectivity index is 2.01. The molecule has 22 heavy (non-hydrogen) atoms. The van der Waals surface area contributed by atoms with Crippen LogP contribution in [0.4, 0.5) is 4.39 Å². The predicted octanol–water partition coefficient (Wildman–Crippen LogP) is 2.85. The van der Waals surface area contributed by atoms with Crippen LogP contribution in [-0.2, 0) is 20.7 Å². The molecule has 0 bridgehead atoms. The van der Waals surface area contributed by atoms with E-state index in [9.17, 15) is 14.0 Å². The third kappa shape index (κ3) is 4.66. The van der Waals surface area contributed by atoms with Crippen molar-refractivity contribution >= 4 is 23.2 Å². The number of hydrogen-bond acceptors (Lipinski definition) is 4. The van der Waals surface area contributed by atoms with Crippen molar-refractivity contribution in [3.63, 3.8) is 0 Å². The summed E-state index contributed by atoms with van der Waals surface area (Å²) in [6.45, 7) is 0. The SMILES string of the molecule is COC(=O)C[C@H](NC(=O)Cc1ccc(F)cc1)c1cccs1. The molecule has 1 aromatic heterocycles. The first-order valence-electron chi connectivity index (χ1n) is 6.72. The summed E-state index contributed by atoms with van der Waals surface area (Å²) < 4.78 is 17.5. The Hall–Kier alpha value is -2.21. The van der Waals surface area contributed by atoms with Crippen LogP contribution in [0.15, 0.2) is 41.8 Å². The minimum Gasteiger partial charge on any atom is -0.469 e. The van der Waals surface area contributed by atoms with Gasteiger partial charge in [-0.1, -0.05) is 18.2 Å². The number of thiophene rings is 1. The van der Waals surface area contributed by atoms with Crippen LogP contribution in [-0.4, -0.2) is 19.0 Å². The van der Waals surface area contributed by atoms with Gasteiger partial charge < -0.3 is 10.1 Å². The fraction of sp³-hybridized carbons (Fsp3) is 0.250. The van der Waals surface area contributed by atoms with Crippen molar-refractivity contribution in [3.05, 3.63) is 58.0 Å². The molecule has 1 amide bonds. The summed E-state index contributed by atoms with van der Waals surface area (Å²) in [7, 11) is 1.31. The van der Waals surface area contributed by atoms with Gasteiger partial charge >= 0.3 is 5.97 Å². The van der Waals surface area contributed by atoms with Crippen molar-refractivity contribution in [1.29, 1.82) is 0 Å². The molecule has 0 radical (unpaired) electrons. The first kappa shape index (κ1) is 16.2. The maximum Gasteiger partial charge on any atom is 0.307 e. The van der Waals surface area contributed by atoms with Crippen LogP contribution < -0.4 is 5.32 Å². The van der Waals surface area contributed by atoms with Crippen LogP contribution in [0.3, 0.4) is 0 Å². The molecule has 2 aromatic rings. The quantitative estimate of drug-likeness (QED) is 0.832. The van der Waals surface area contributed by atoms with Gasteiger partial charge in [-0.05, 0) is 29.1 Å². The van der Waals surface area contributed by atoms with E-state index in [-0.39, 0.29) is 30.5 Å². The monoisotopic (exact) mass is 321 g/mol. The lowest BCUT2D eigenvalue weighted by atomic mass is 10.1. The summed E-state index contributed by atoms with van der Waals surface area (Å²) in [5.74, 6) is -0.958. The van der Waals surface area contributed by atoms with Crippen molar-refractivity contribution in [2.24, 2.45) is 0 Å². The Labute approximate surface area is 131 Å². The number of esters is 1. The Morgan fingerprint density at radius 2 is 2.00 bits per heavy atom. The van der Waals surface area contributed by atoms with E-state index < -0.39 is 6.04 Å². The van der Waals surface area contributed by atoms with Gasteiger partial charge in [0.05, 0.1) is 26.0 Å². The Morgan fingerprint density at radius 3 is 2.59 bits per heavy atom. The fourth-order valence-electron chi connectivity index (χ4n) is 2.00. The molecule has 6 heteroatoms. The highest BCUT2D eigenvalue weighted by atomic mass is 32.1. The molecule has 1 heterocycles. The third-order valence-electron chi connectivity index (χ3n) is 3.10. The van der Waals surface area contributed by atoms with E-state index in [1.165, 1.54) is 30.6 Å². The van der Waals surface area contributed by atoms with Crippen molar-refractivity contribution in [1.82, 2.24) is 5.32 Å². The number of halogens is 1. The number of amides is 1. The van der Waals surface area contributed by atoms with Gasteiger partial charge in [0, 0.05) is 4.88 Å². The number of nitrogens with one attached hydrogen (secondary N) is 1. The van der Waals surface area contributed by atoms with Crippen molar-refractivity contribution < 1.29 is 18.7 Å². The van der Waals surface area contributed by atoms with E-state index in [0.717, 1.165) is 4.88 Å². The zero-order valence-corrected chi connectivity index (χ0v) is 12.9. The average Bonchev–Trinajstić information content (AvgIpc) is 3.03. The number of carbonyl (C=O) groups is 2. The molecule has 0 unspecified atom stereocenters. The average molecular weight is 321 g/mol. The minimum absolute atomic E-state index is 0.0756. The van der Waals surface area contributed by atoms with E-state index in [1.807, 2.05) is 17.5 Å². The number of benzene rings is 1. The Bertz CT molecular complexity index is 625. The number of carbonyl (C=O) groups excluding carboxylic acids is 2. The summed E-state index contributed by atoms with van der Waals surface area (Å²) in [6, 6.07) is 9.06. The molecule has 0 aliphatic heterocycles. The summed E-state index contributed by atoms with van der Waals surface area (Å²) >= 11 is 1.46. The second-order valence-electron chi connectivity index (χ2n) is 4.72. The topological polar surface area (TPSA) is 55.4 Å². The largest absolute Gasteiger partial charge is 0.469 e. The van der Waals surface area contributed by atoms with E-state index in [2.05, 4.69) is 10.1 Å². The second-order valence-corrected chi connectivity index (χ2v) is 5.70. The summed E-state index contributed by atoms with van der Waals surface area (Å²) in [4.78, 5) is 24.5. The van der Waals surface area contributed by atoms with E-state index in [1.54, 1.807) is 12.1 Å². The number of ether oxygens (including phenoxy) is 1. The first-order valence-corrected chi connectivity index (χ1v) is 7.60. The van der Waals surface area contributed by atoms with Gasteiger partial charge in [-0.3, -0.25) is 9.59 Å². The van der Waals surface area contributed by atoms with Crippen LogP contribution in [0.25, 0.3) is 0 Å². The van der Waals surface area contributed by atoms with Gasteiger partial charge in [0.15, 0.2) is 0 Å². The molecule has 2 rings (SSSR count). The number of methoxy groups -OCH3 is 1.